The van der Waals surface area contributed by atoms with Gasteiger partial charge in [-0.3, -0.25) is 4.79 Å². The van der Waals surface area contributed by atoms with Gasteiger partial charge < -0.3 is 18.8 Å². The van der Waals surface area contributed by atoms with Crippen LogP contribution in [-0.4, -0.2) is 24.1 Å². The maximum Gasteiger partial charge on any atom is 0.231 e. The molecule has 0 spiro atoms. The number of carbonyl (C=O) groups is 1. The molecule has 1 aliphatic heterocycles. The Morgan fingerprint density at radius 1 is 1.00 bits per heavy atom. The fourth-order valence-corrected chi connectivity index (χ4v) is 3.93. The van der Waals surface area contributed by atoms with Crippen molar-refractivity contribution in [2.75, 3.05) is 13.7 Å². The summed E-state index contributed by atoms with van der Waals surface area (Å²) in [6.07, 6.45) is 7.72. The van der Waals surface area contributed by atoms with Crippen molar-refractivity contribution in [2.45, 2.75) is 0 Å². The summed E-state index contributed by atoms with van der Waals surface area (Å²) in [6.45, 7) is 0.419. The van der Waals surface area contributed by atoms with Gasteiger partial charge in [0.15, 0.2) is 5.76 Å². The predicted molar refractivity (Wildman–Crippen MR) is 130 cm³/mol. The van der Waals surface area contributed by atoms with Gasteiger partial charge in [0.05, 0.1) is 12.7 Å². The van der Waals surface area contributed by atoms with E-state index in [1.165, 1.54) is 0 Å². The molecule has 5 rings (SSSR count). The van der Waals surface area contributed by atoms with Gasteiger partial charge in [-0.05, 0) is 48.0 Å². The van der Waals surface area contributed by atoms with Crippen LogP contribution in [0.25, 0.3) is 23.1 Å². The van der Waals surface area contributed by atoms with Crippen LogP contribution in [0.5, 0.6) is 17.2 Å². The van der Waals surface area contributed by atoms with Crippen molar-refractivity contribution in [2.24, 2.45) is 7.05 Å². The van der Waals surface area contributed by atoms with Gasteiger partial charge in [0, 0.05) is 35.8 Å². The van der Waals surface area contributed by atoms with Crippen LogP contribution in [0.2, 0.25) is 0 Å². The Hall–Kier alpha value is -4.25. The second kappa shape index (κ2) is 8.71. The van der Waals surface area contributed by atoms with E-state index in [1.807, 2.05) is 78.5 Å². The molecule has 0 fully saturated rings. The number of hydrogen-bond acceptors (Lipinski definition) is 4. The maximum atomic E-state index is 12.9. The van der Waals surface area contributed by atoms with Gasteiger partial charge in [0.2, 0.25) is 5.78 Å². The summed E-state index contributed by atoms with van der Waals surface area (Å²) in [6, 6.07) is 21.2. The zero-order chi connectivity index (χ0) is 22.8. The molecule has 4 aromatic rings. The smallest absolute Gasteiger partial charge is 0.231 e. The third kappa shape index (κ3) is 4.13. The first-order valence-electron chi connectivity index (χ1n) is 10.7. The lowest BCUT2D eigenvalue weighted by atomic mass is 10.1. The van der Waals surface area contributed by atoms with Gasteiger partial charge in [0.1, 0.15) is 23.9 Å². The lowest BCUT2D eigenvalue weighted by Crippen LogP contribution is -1.97. The van der Waals surface area contributed by atoms with E-state index in [4.69, 9.17) is 14.2 Å². The fraction of sp³-hybridized carbons (Fsp3) is 0.107. The Balaban J connectivity index is 1.34. The number of Topliss-reactive ketones (excluding diaryl/α,β-unsaturated/α-hetero) is 1. The van der Waals surface area contributed by atoms with Crippen LogP contribution < -0.4 is 14.2 Å². The number of fused-ring (bicyclic) bond motifs is 2. The van der Waals surface area contributed by atoms with Crippen molar-refractivity contribution in [1.29, 1.82) is 0 Å². The molecule has 0 radical (unpaired) electrons. The first kappa shape index (κ1) is 20.6. The average molecular weight is 437 g/mol. The fourth-order valence-electron chi connectivity index (χ4n) is 3.93. The van der Waals surface area contributed by atoms with Gasteiger partial charge in [-0.15, -0.1) is 0 Å². The van der Waals surface area contributed by atoms with Crippen molar-refractivity contribution < 1.29 is 19.0 Å². The summed E-state index contributed by atoms with van der Waals surface area (Å²) in [5.41, 5.74) is 3.59. The minimum Gasteiger partial charge on any atom is -0.497 e. The Bertz CT molecular complexity index is 1400. The van der Waals surface area contributed by atoms with Crippen molar-refractivity contribution in [1.82, 2.24) is 4.57 Å². The molecule has 0 unspecified atom stereocenters. The molecule has 0 bridgehead atoms. The minimum absolute atomic E-state index is 0.138. The molecule has 2 heterocycles. The van der Waals surface area contributed by atoms with Gasteiger partial charge in [-0.1, -0.05) is 36.4 Å². The molecule has 0 amide bonds. The van der Waals surface area contributed by atoms with Crippen LogP contribution in [-0.2, 0) is 7.05 Å². The van der Waals surface area contributed by atoms with E-state index in [0.717, 1.165) is 27.8 Å². The van der Waals surface area contributed by atoms with Gasteiger partial charge >= 0.3 is 0 Å². The van der Waals surface area contributed by atoms with E-state index in [9.17, 15) is 4.79 Å². The molecule has 0 atom stereocenters. The highest BCUT2D eigenvalue weighted by Gasteiger charge is 2.28. The highest BCUT2D eigenvalue weighted by molar-refractivity contribution is 6.15. The number of allylic oxidation sites excluding steroid dienone is 1. The minimum atomic E-state index is -0.138. The number of carbonyl (C=O) groups excluding carboxylic acids is 1. The number of aryl methyl sites for hydroxylation is 1. The van der Waals surface area contributed by atoms with E-state index >= 15 is 0 Å². The van der Waals surface area contributed by atoms with Crippen LogP contribution in [0.15, 0.2) is 84.8 Å². The molecular weight excluding hydrogens is 414 g/mol. The van der Waals surface area contributed by atoms with Crippen LogP contribution in [0.1, 0.15) is 21.5 Å². The molecule has 5 nitrogen and oxygen atoms in total. The maximum absolute atomic E-state index is 12.9. The van der Waals surface area contributed by atoms with Crippen molar-refractivity contribution in [3.8, 4) is 17.2 Å². The first-order valence-corrected chi connectivity index (χ1v) is 10.7. The highest BCUT2D eigenvalue weighted by Crippen LogP contribution is 2.36. The zero-order valence-electron chi connectivity index (χ0n) is 18.4. The number of nitrogens with zero attached hydrogens (tertiary/aromatic N) is 1. The highest BCUT2D eigenvalue weighted by atomic mass is 16.5. The molecule has 0 N–H and O–H groups in total. The third-order valence-electron chi connectivity index (χ3n) is 5.61. The Morgan fingerprint density at radius 3 is 2.64 bits per heavy atom. The summed E-state index contributed by atoms with van der Waals surface area (Å²) in [7, 11) is 3.61. The second-order valence-electron chi connectivity index (χ2n) is 7.80. The second-order valence-corrected chi connectivity index (χ2v) is 7.80. The predicted octanol–water partition coefficient (Wildman–Crippen LogP) is 5.90. The van der Waals surface area contributed by atoms with E-state index in [0.29, 0.717) is 29.4 Å². The van der Waals surface area contributed by atoms with Crippen LogP contribution in [0.4, 0.5) is 0 Å². The number of rotatable bonds is 6. The van der Waals surface area contributed by atoms with E-state index < -0.39 is 0 Å². The van der Waals surface area contributed by atoms with Crippen LogP contribution >= 0.6 is 0 Å². The summed E-state index contributed by atoms with van der Waals surface area (Å²) >= 11 is 0. The summed E-state index contributed by atoms with van der Waals surface area (Å²) in [5.74, 6) is 2.07. The molecule has 0 saturated heterocycles. The summed E-state index contributed by atoms with van der Waals surface area (Å²) in [4.78, 5) is 12.9. The monoisotopic (exact) mass is 437 g/mol. The molecule has 33 heavy (non-hydrogen) atoms. The Labute approximate surface area is 192 Å². The molecule has 1 aromatic heterocycles. The average Bonchev–Trinajstić information content (AvgIpc) is 3.32. The van der Waals surface area contributed by atoms with Crippen molar-refractivity contribution in [3.63, 3.8) is 0 Å². The standard InChI is InChI=1S/C28H23NO4/c1-29-18-20(24-16-21(31-2)11-13-25(24)29)15-27-28(30)23-12-10-22(17-26(23)33-27)32-14-6-9-19-7-4-3-5-8-19/h3-13,15-18H,14H2,1-2H3/b9-6+,27-15-. The normalized spacial score (nSPS) is 14.1. The van der Waals surface area contributed by atoms with Gasteiger partial charge in [0.25, 0.3) is 0 Å². The van der Waals surface area contributed by atoms with Crippen LogP contribution in [0.3, 0.4) is 0 Å². The Morgan fingerprint density at radius 2 is 1.82 bits per heavy atom. The quantitative estimate of drug-likeness (QED) is 0.353. The van der Waals surface area contributed by atoms with E-state index in [2.05, 4.69) is 0 Å². The van der Waals surface area contributed by atoms with E-state index in [1.54, 1.807) is 31.4 Å². The first-order chi connectivity index (χ1) is 16.1. The lowest BCUT2D eigenvalue weighted by Gasteiger charge is -2.04. The number of hydrogen-bond donors (Lipinski definition) is 0. The lowest BCUT2D eigenvalue weighted by molar-refractivity contribution is 0.101. The molecule has 5 heteroatoms. The SMILES string of the molecule is COc1ccc2c(c1)c(/C=C1\Oc3cc(OC/C=C/c4ccccc4)ccc3C1=O)cn2C. The molecule has 0 saturated carbocycles. The third-order valence-corrected chi connectivity index (χ3v) is 5.61. The Kier molecular flexibility index (Phi) is 5.45. The van der Waals surface area contributed by atoms with Crippen molar-refractivity contribution >= 4 is 28.8 Å². The van der Waals surface area contributed by atoms with Gasteiger partial charge in [-0.2, -0.15) is 0 Å². The largest absolute Gasteiger partial charge is 0.497 e. The number of ketones is 1. The number of benzene rings is 3. The summed E-state index contributed by atoms with van der Waals surface area (Å²) < 4.78 is 19.1. The van der Waals surface area contributed by atoms with Gasteiger partial charge in [-0.25, -0.2) is 0 Å². The number of methoxy groups -OCH3 is 1. The molecular formula is C28H23NO4. The summed E-state index contributed by atoms with van der Waals surface area (Å²) in [5, 5.41) is 0.992. The zero-order valence-corrected chi connectivity index (χ0v) is 18.4. The molecule has 0 aliphatic carbocycles. The topological polar surface area (TPSA) is 49.7 Å². The van der Waals surface area contributed by atoms with Crippen LogP contribution in [0, 0.1) is 0 Å². The molecule has 164 valence electrons. The number of ether oxygens (including phenoxy) is 3. The molecule has 1 aliphatic rings. The van der Waals surface area contributed by atoms with E-state index in [-0.39, 0.29) is 5.78 Å². The number of aromatic nitrogens is 1. The van der Waals surface area contributed by atoms with Crippen molar-refractivity contribution in [3.05, 3.63) is 101 Å². The molecule has 3 aromatic carbocycles.